The average Bonchev–Trinajstić information content (AvgIpc) is 2.38. The van der Waals surface area contributed by atoms with E-state index in [1.165, 1.54) is 0 Å². The summed E-state index contributed by atoms with van der Waals surface area (Å²) in [5.74, 6) is -0.548. The molecule has 0 unspecified atom stereocenters. The van der Waals surface area contributed by atoms with E-state index >= 15 is 0 Å². The molecule has 0 aromatic rings. The lowest BCUT2D eigenvalue weighted by atomic mass is 9.80. The molecule has 2 amide bonds. The SMILES string of the molecule is COC1(CNC(=O)N2CCC(CC(=O)O)CC2)CCC1. The molecule has 0 aromatic heterocycles. The Hall–Kier alpha value is -1.30. The number of methoxy groups -OCH3 is 1. The summed E-state index contributed by atoms with van der Waals surface area (Å²) >= 11 is 0. The number of carboxylic acids is 1. The lowest BCUT2D eigenvalue weighted by Gasteiger charge is -2.41. The molecule has 2 aliphatic rings. The van der Waals surface area contributed by atoms with Crippen molar-refractivity contribution in [3.63, 3.8) is 0 Å². The molecule has 20 heavy (non-hydrogen) atoms. The Morgan fingerprint density at radius 3 is 2.45 bits per heavy atom. The van der Waals surface area contributed by atoms with Crippen LogP contribution in [-0.4, -0.2) is 54.4 Å². The maximum Gasteiger partial charge on any atom is 0.317 e. The van der Waals surface area contributed by atoms with Gasteiger partial charge in [-0.05, 0) is 38.0 Å². The van der Waals surface area contributed by atoms with Crippen LogP contribution in [-0.2, 0) is 9.53 Å². The third-order valence-electron chi connectivity index (χ3n) is 4.62. The number of carboxylic acid groups (broad SMARTS) is 1. The first-order valence-electron chi connectivity index (χ1n) is 7.34. The van der Waals surface area contributed by atoms with Crippen molar-refractivity contribution in [2.24, 2.45) is 5.92 Å². The first kappa shape index (κ1) is 15.1. The molecule has 0 spiro atoms. The molecule has 114 valence electrons. The van der Waals surface area contributed by atoms with Crippen LogP contribution in [0.5, 0.6) is 0 Å². The molecule has 0 aromatic carbocycles. The van der Waals surface area contributed by atoms with Crippen LogP contribution in [0.15, 0.2) is 0 Å². The summed E-state index contributed by atoms with van der Waals surface area (Å²) in [6.45, 7) is 1.85. The quantitative estimate of drug-likeness (QED) is 0.801. The molecule has 6 heteroatoms. The number of carbonyl (C=O) groups is 2. The van der Waals surface area contributed by atoms with E-state index in [4.69, 9.17) is 9.84 Å². The van der Waals surface area contributed by atoms with Crippen LogP contribution >= 0.6 is 0 Å². The van der Waals surface area contributed by atoms with Gasteiger partial charge in [0.05, 0.1) is 5.60 Å². The van der Waals surface area contributed by atoms with E-state index in [-0.39, 0.29) is 24.0 Å². The number of nitrogens with zero attached hydrogens (tertiary/aromatic N) is 1. The van der Waals surface area contributed by atoms with Gasteiger partial charge in [-0.25, -0.2) is 4.79 Å². The van der Waals surface area contributed by atoms with Crippen LogP contribution in [0.4, 0.5) is 4.79 Å². The van der Waals surface area contributed by atoms with E-state index in [9.17, 15) is 9.59 Å². The fourth-order valence-electron chi connectivity index (χ4n) is 2.96. The van der Waals surface area contributed by atoms with E-state index in [2.05, 4.69) is 5.32 Å². The van der Waals surface area contributed by atoms with Gasteiger partial charge in [0, 0.05) is 33.2 Å². The largest absolute Gasteiger partial charge is 0.481 e. The van der Waals surface area contributed by atoms with Crippen molar-refractivity contribution in [2.45, 2.75) is 44.1 Å². The van der Waals surface area contributed by atoms with Crippen molar-refractivity contribution in [3.05, 3.63) is 0 Å². The Kier molecular flexibility index (Phi) is 4.86. The number of urea groups is 1. The Morgan fingerprint density at radius 1 is 1.35 bits per heavy atom. The Bertz CT molecular complexity index is 355. The Morgan fingerprint density at radius 2 is 2.00 bits per heavy atom. The smallest absolute Gasteiger partial charge is 0.317 e. The van der Waals surface area contributed by atoms with Crippen molar-refractivity contribution >= 4 is 12.0 Å². The van der Waals surface area contributed by atoms with E-state index < -0.39 is 5.97 Å². The fourth-order valence-corrected chi connectivity index (χ4v) is 2.96. The molecule has 2 fully saturated rings. The third-order valence-corrected chi connectivity index (χ3v) is 4.62. The van der Waals surface area contributed by atoms with E-state index in [1.807, 2.05) is 0 Å². The zero-order valence-electron chi connectivity index (χ0n) is 12.1. The topological polar surface area (TPSA) is 78.9 Å². The minimum absolute atomic E-state index is 0.0536. The summed E-state index contributed by atoms with van der Waals surface area (Å²) in [6, 6.07) is -0.0536. The molecular formula is C14H24N2O4. The van der Waals surface area contributed by atoms with Crippen LogP contribution in [0.25, 0.3) is 0 Å². The maximum absolute atomic E-state index is 12.1. The minimum Gasteiger partial charge on any atom is -0.481 e. The molecule has 1 saturated carbocycles. The second-order valence-corrected chi connectivity index (χ2v) is 5.93. The number of piperidine rings is 1. The highest BCUT2D eigenvalue weighted by Crippen LogP contribution is 2.34. The molecule has 0 radical (unpaired) electrons. The number of amides is 2. The fraction of sp³-hybridized carbons (Fsp3) is 0.857. The van der Waals surface area contributed by atoms with Crippen molar-refractivity contribution in [1.29, 1.82) is 0 Å². The zero-order chi connectivity index (χ0) is 14.6. The van der Waals surface area contributed by atoms with Gasteiger partial charge in [-0.2, -0.15) is 0 Å². The molecule has 1 heterocycles. The predicted octanol–water partition coefficient (Wildman–Crippen LogP) is 1.45. The zero-order valence-corrected chi connectivity index (χ0v) is 12.1. The number of aliphatic carboxylic acids is 1. The van der Waals surface area contributed by atoms with Crippen LogP contribution in [0.1, 0.15) is 38.5 Å². The highest BCUT2D eigenvalue weighted by molar-refractivity contribution is 5.74. The van der Waals surface area contributed by atoms with Gasteiger partial charge in [0.2, 0.25) is 0 Å². The molecule has 6 nitrogen and oxygen atoms in total. The van der Waals surface area contributed by atoms with Crippen molar-refractivity contribution in [1.82, 2.24) is 10.2 Å². The van der Waals surface area contributed by atoms with Crippen LogP contribution in [0, 0.1) is 5.92 Å². The van der Waals surface area contributed by atoms with E-state index in [0.717, 1.165) is 32.1 Å². The lowest BCUT2D eigenvalue weighted by molar-refractivity contribution is -0.138. The summed E-state index contributed by atoms with van der Waals surface area (Å²) in [5, 5.41) is 11.7. The molecule has 1 aliphatic carbocycles. The predicted molar refractivity (Wildman–Crippen MR) is 73.5 cm³/mol. The number of hydrogen-bond donors (Lipinski definition) is 2. The minimum atomic E-state index is -0.750. The summed E-state index contributed by atoms with van der Waals surface area (Å²) in [7, 11) is 1.70. The van der Waals surface area contributed by atoms with Crippen molar-refractivity contribution in [3.8, 4) is 0 Å². The third kappa shape index (κ3) is 3.62. The van der Waals surface area contributed by atoms with E-state index in [0.29, 0.717) is 19.6 Å². The molecule has 2 rings (SSSR count). The van der Waals surface area contributed by atoms with Gasteiger partial charge in [0.1, 0.15) is 0 Å². The molecule has 2 N–H and O–H groups in total. The monoisotopic (exact) mass is 284 g/mol. The van der Waals surface area contributed by atoms with Crippen LogP contribution in [0.2, 0.25) is 0 Å². The summed E-state index contributed by atoms with van der Waals surface area (Å²) in [4.78, 5) is 24.5. The van der Waals surface area contributed by atoms with Crippen molar-refractivity contribution < 1.29 is 19.4 Å². The van der Waals surface area contributed by atoms with Gasteiger partial charge >= 0.3 is 12.0 Å². The Balaban J connectivity index is 1.70. The molecule has 0 bridgehead atoms. The van der Waals surface area contributed by atoms with Crippen LogP contribution in [0.3, 0.4) is 0 Å². The van der Waals surface area contributed by atoms with Gasteiger partial charge < -0.3 is 20.1 Å². The second-order valence-electron chi connectivity index (χ2n) is 5.93. The summed E-state index contributed by atoms with van der Waals surface area (Å²) < 4.78 is 5.47. The van der Waals surface area contributed by atoms with E-state index in [1.54, 1.807) is 12.0 Å². The standard InChI is InChI=1S/C14H24N2O4/c1-20-14(5-2-6-14)10-15-13(19)16-7-3-11(4-8-16)9-12(17)18/h11H,2-10H2,1H3,(H,15,19)(H,17,18). The maximum atomic E-state index is 12.1. The highest BCUT2D eigenvalue weighted by atomic mass is 16.5. The second kappa shape index (κ2) is 6.43. The number of carbonyl (C=O) groups excluding carboxylic acids is 1. The normalized spacial score (nSPS) is 22.1. The summed E-state index contributed by atoms with van der Waals surface area (Å²) in [6.07, 6.45) is 4.92. The molecule has 1 saturated heterocycles. The van der Waals surface area contributed by atoms with Gasteiger partial charge in [0.25, 0.3) is 0 Å². The number of ether oxygens (including phenoxy) is 1. The molecule has 0 atom stereocenters. The van der Waals surface area contributed by atoms with Gasteiger partial charge in [-0.3, -0.25) is 4.79 Å². The first-order chi connectivity index (χ1) is 9.54. The number of likely N-dealkylation sites (tertiary alicyclic amines) is 1. The number of hydrogen-bond acceptors (Lipinski definition) is 3. The van der Waals surface area contributed by atoms with Crippen molar-refractivity contribution in [2.75, 3.05) is 26.7 Å². The van der Waals surface area contributed by atoms with Crippen LogP contribution < -0.4 is 5.32 Å². The highest BCUT2D eigenvalue weighted by Gasteiger charge is 2.37. The summed E-state index contributed by atoms with van der Waals surface area (Å²) in [5.41, 5.74) is -0.155. The van der Waals surface area contributed by atoms with Gasteiger partial charge in [0.15, 0.2) is 0 Å². The number of rotatable bonds is 5. The number of nitrogens with one attached hydrogen (secondary N) is 1. The Labute approximate surface area is 119 Å². The average molecular weight is 284 g/mol. The molecular weight excluding hydrogens is 260 g/mol. The van der Waals surface area contributed by atoms with Gasteiger partial charge in [-0.1, -0.05) is 0 Å². The molecule has 1 aliphatic heterocycles. The first-order valence-corrected chi connectivity index (χ1v) is 7.34. The van der Waals surface area contributed by atoms with Gasteiger partial charge in [-0.15, -0.1) is 0 Å². The lowest BCUT2D eigenvalue weighted by Crippen LogP contribution is -2.53.